The quantitative estimate of drug-likeness (QED) is 0.715. The van der Waals surface area contributed by atoms with Crippen molar-refractivity contribution in [1.82, 2.24) is 9.21 Å². The van der Waals surface area contributed by atoms with Gasteiger partial charge < -0.3 is 9.64 Å². The molecular weight excluding hydrogens is 288 g/mol. The van der Waals surface area contributed by atoms with Crippen LogP contribution in [0.25, 0.3) is 0 Å². The van der Waals surface area contributed by atoms with Crippen LogP contribution in [0.5, 0.6) is 0 Å². The van der Waals surface area contributed by atoms with E-state index in [1.165, 1.54) is 25.5 Å². The van der Waals surface area contributed by atoms with E-state index in [0.717, 1.165) is 39.1 Å². The van der Waals surface area contributed by atoms with Crippen molar-refractivity contribution < 1.29 is 13.2 Å². The Hall–Kier alpha value is -0.170. The second-order valence-electron chi connectivity index (χ2n) is 6.52. The third-order valence-electron chi connectivity index (χ3n) is 4.51. The number of ether oxygens (including phenoxy) is 1. The maximum atomic E-state index is 11.6. The largest absolute Gasteiger partial charge is 0.377 e. The van der Waals surface area contributed by atoms with Crippen molar-refractivity contribution in [1.29, 1.82) is 0 Å². The molecule has 2 saturated heterocycles. The molecule has 0 aromatic carbocycles. The highest BCUT2D eigenvalue weighted by molar-refractivity contribution is 7.88. The molecule has 2 atom stereocenters. The molecular formula is C15H30N2O3S. The van der Waals surface area contributed by atoms with Gasteiger partial charge in [0.05, 0.1) is 12.4 Å². The monoisotopic (exact) mass is 318 g/mol. The van der Waals surface area contributed by atoms with E-state index in [-0.39, 0.29) is 0 Å². The van der Waals surface area contributed by atoms with Crippen LogP contribution in [0.1, 0.15) is 39.0 Å². The van der Waals surface area contributed by atoms with Crippen molar-refractivity contribution in [3.63, 3.8) is 0 Å². The highest BCUT2D eigenvalue weighted by atomic mass is 32.2. The minimum Gasteiger partial charge on any atom is -0.377 e. The van der Waals surface area contributed by atoms with Gasteiger partial charge in [-0.15, -0.1) is 0 Å². The van der Waals surface area contributed by atoms with Gasteiger partial charge in [-0.25, -0.2) is 12.7 Å². The predicted molar refractivity (Wildman–Crippen MR) is 84.8 cm³/mol. The van der Waals surface area contributed by atoms with Crippen LogP contribution in [0.3, 0.4) is 0 Å². The molecule has 0 aliphatic carbocycles. The van der Waals surface area contributed by atoms with Crippen LogP contribution in [-0.4, -0.2) is 69.3 Å². The third kappa shape index (κ3) is 5.51. The molecule has 0 aromatic heterocycles. The van der Waals surface area contributed by atoms with E-state index in [9.17, 15) is 8.42 Å². The Balaban J connectivity index is 1.82. The summed E-state index contributed by atoms with van der Waals surface area (Å²) in [6.45, 7) is 7.55. The zero-order valence-corrected chi connectivity index (χ0v) is 14.3. The molecule has 0 N–H and O–H groups in total. The lowest BCUT2D eigenvalue weighted by atomic mass is 10.1. The van der Waals surface area contributed by atoms with Gasteiger partial charge >= 0.3 is 0 Å². The van der Waals surface area contributed by atoms with E-state index in [4.69, 9.17) is 4.74 Å². The highest BCUT2D eigenvalue weighted by Crippen LogP contribution is 2.21. The van der Waals surface area contributed by atoms with Crippen LogP contribution in [0.4, 0.5) is 0 Å². The summed E-state index contributed by atoms with van der Waals surface area (Å²) >= 11 is 0. The summed E-state index contributed by atoms with van der Waals surface area (Å²) in [5.41, 5.74) is 0. The fourth-order valence-corrected chi connectivity index (χ4v) is 4.34. The average molecular weight is 318 g/mol. The van der Waals surface area contributed by atoms with E-state index in [2.05, 4.69) is 11.8 Å². The Kier molecular flexibility index (Phi) is 6.47. The van der Waals surface area contributed by atoms with Crippen LogP contribution in [0.2, 0.25) is 0 Å². The minimum absolute atomic E-state index is 0.373. The standard InChI is InChI=1S/C15H30N2O3S/c1-3-8-16(13-15-6-4-5-10-20-15)11-14-7-9-17(12-14)21(2,18)19/h14-15H,3-13H2,1-2H3/t14-,15-/m0/s1. The molecule has 5 nitrogen and oxygen atoms in total. The number of sulfonamides is 1. The second kappa shape index (κ2) is 7.90. The predicted octanol–water partition coefficient (Wildman–Crippen LogP) is 1.55. The van der Waals surface area contributed by atoms with Gasteiger partial charge in [0.1, 0.15) is 0 Å². The van der Waals surface area contributed by atoms with Crippen molar-refractivity contribution in [2.24, 2.45) is 5.92 Å². The maximum absolute atomic E-state index is 11.6. The van der Waals surface area contributed by atoms with Gasteiger partial charge in [-0.1, -0.05) is 6.92 Å². The fourth-order valence-electron chi connectivity index (χ4n) is 3.43. The van der Waals surface area contributed by atoms with Crippen molar-refractivity contribution in [3.8, 4) is 0 Å². The maximum Gasteiger partial charge on any atom is 0.211 e. The van der Waals surface area contributed by atoms with Gasteiger partial charge in [0.2, 0.25) is 10.0 Å². The second-order valence-corrected chi connectivity index (χ2v) is 8.51. The average Bonchev–Trinajstić information content (AvgIpc) is 2.89. The molecule has 0 bridgehead atoms. The molecule has 2 heterocycles. The first kappa shape index (κ1) is 17.2. The molecule has 0 amide bonds. The Morgan fingerprint density at radius 3 is 2.62 bits per heavy atom. The van der Waals surface area contributed by atoms with E-state index in [1.54, 1.807) is 4.31 Å². The van der Waals surface area contributed by atoms with E-state index in [0.29, 0.717) is 25.1 Å². The lowest BCUT2D eigenvalue weighted by Crippen LogP contribution is -2.39. The lowest BCUT2D eigenvalue weighted by Gasteiger charge is -2.31. The molecule has 0 aromatic rings. The summed E-state index contributed by atoms with van der Waals surface area (Å²) in [6, 6.07) is 0. The summed E-state index contributed by atoms with van der Waals surface area (Å²) in [4.78, 5) is 2.48. The molecule has 0 radical (unpaired) electrons. The van der Waals surface area contributed by atoms with Crippen LogP contribution in [0.15, 0.2) is 0 Å². The Labute approximate surface area is 129 Å². The Bertz CT molecular complexity index is 407. The summed E-state index contributed by atoms with van der Waals surface area (Å²) < 4.78 is 30.7. The molecule has 0 spiro atoms. The van der Waals surface area contributed by atoms with Gasteiger partial charge in [-0.3, -0.25) is 0 Å². The fraction of sp³-hybridized carbons (Fsp3) is 1.00. The highest BCUT2D eigenvalue weighted by Gasteiger charge is 2.30. The van der Waals surface area contributed by atoms with Gasteiger partial charge in [0.15, 0.2) is 0 Å². The SMILES string of the molecule is CCCN(C[C@@H]1CCN(S(C)(=O)=O)C1)C[C@@H]1CCCCO1. The molecule has 2 fully saturated rings. The van der Waals surface area contributed by atoms with Crippen molar-refractivity contribution >= 4 is 10.0 Å². The number of rotatable bonds is 7. The first-order valence-electron chi connectivity index (χ1n) is 8.28. The third-order valence-corrected chi connectivity index (χ3v) is 5.78. The normalized spacial score (nSPS) is 28.3. The van der Waals surface area contributed by atoms with E-state index >= 15 is 0 Å². The van der Waals surface area contributed by atoms with Crippen molar-refractivity contribution in [2.45, 2.75) is 45.1 Å². The summed E-state index contributed by atoms with van der Waals surface area (Å²) in [6.07, 6.45) is 7.44. The van der Waals surface area contributed by atoms with Crippen LogP contribution in [-0.2, 0) is 14.8 Å². The molecule has 21 heavy (non-hydrogen) atoms. The first-order valence-corrected chi connectivity index (χ1v) is 10.1. The van der Waals surface area contributed by atoms with Gasteiger partial charge in [-0.2, -0.15) is 0 Å². The Morgan fingerprint density at radius 2 is 2.05 bits per heavy atom. The molecule has 6 heteroatoms. The van der Waals surface area contributed by atoms with Gasteiger partial charge in [0, 0.05) is 32.8 Å². The van der Waals surface area contributed by atoms with Crippen molar-refractivity contribution in [2.75, 3.05) is 45.6 Å². The lowest BCUT2D eigenvalue weighted by molar-refractivity contribution is -0.00783. The van der Waals surface area contributed by atoms with Gasteiger partial charge in [0.25, 0.3) is 0 Å². The number of hydrogen-bond donors (Lipinski definition) is 0. The molecule has 2 aliphatic heterocycles. The molecule has 0 unspecified atom stereocenters. The number of nitrogens with zero attached hydrogens (tertiary/aromatic N) is 2. The number of hydrogen-bond acceptors (Lipinski definition) is 4. The first-order chi connectivity index (χ1) is 9.99. The topological polar surface area (TPSA) is 49.9 Å². The molecule has 2 aliphatic rings. The zero-order valence-electron chi connectivity index (χ0n) is 13.5. The van der Waals surface area contributed by atoms with Crippen LogP contribution >= 0.6 is 0 Å². The van der Waals surface area contributed by atoms with E-state index in [1.807, 2.05) is 0 Å². The summed E-state index contributed by atoms with van der Waals surface area (Å²) in [5, 5.41) is 0. The smallest absolute Gasteiger partial charge is 0.211 e. The molecule has 0 saturated carbocycles. The van der Waals surface area contributed by atoms with Crippen LogP contribution in [0, 0.1) is 5.92 Å². The van der Waals surface area contributed by atoms with Crippen LogP contribution < -0.4 is 0 Å². The zero-order chi connectivity index (χ0) is 15.3. The Morgan fingerprint density at radius 1 is 1.24 bits per heavy atom. The molecule has 124 valence electrons. The minimum atomic E-state index is -3.02. The van der Waals surface area contributed by atoms with Gasteiger partial charge in [-0.05, 0) is 44.6 Å². The van der Waals surface area contributed by atoms with Crippen molar-refractivity contribution in [3.05, 3.63) is 0 Å². The summed E-state index contributed by atoms with van der Waals surface area (Å²) in [5.74, 6) is 0.467. The molecule has 2 rings (SSSR count). The summed E-state index contributed by atoms with van der Waals surface area (Å²) in [7, 11) is -3.02. The van der Waals surface area contributed by atoms with E-state index < -0.39 is 10.0 Å².